The van der Waals surface area contributed by atoms with E-state index >= 15 is 0 Å². The van der Waals surface area contributed by atoms with Gasteiger partial charge in [-0.15, -0.1) is 0 Å². The number of hydrogen-bond donors (Lipinski definition) is 1. The Labute approximate surface area is 159 Å². The van der Waals surface area contributed by atoms with Crippen molar-refractivity contribution < 1.29 is 14.3 Å². The first-order valence-corrected chi connectivity index (χ1v) is 9.04. The Bertz CT molecular complexity index is 714. The van der Waals surface area contributed by atoms with E-state index in [0.717, 1.165) is 12.0 Å². The number of carbonyl (C=O) groups excluding carboxylic acids is 1. The number of rotatable bonds is 10. The average molecular weight is 380 g/mol. The van der Waals surface area contributed by atoms with Crippen molar-refractivity contribution in [2.45, 2.75) is 26.8 Å². The van der Waals surface area contributed by atoms with Gasteiger partial charge in [-0.1, -0.05) is 41.4 Å². The maximum atomic E-state index is 12.4. The van der Waals surface area contributed by atoms with Gasteiger partial charge in [0.15, 0.2) is 0 Å². The SMILES string of the molecule is COCCOCCCNC(=O)c1c(C)nn(Cc2ccc(C)cc2)c1Cl. The first-order chi connectivity index (χ1) is 12.5. The molecule has 0 saturated heterocycles. The molecule has 1 N–H and O–H groups in total. The fourth-order valence-electron chi connectivity index (χ4n) is 2.49. The third-order valence-corrected chi connectivity index (χ3v) is 4.31. The van der Waals surface area contributed by atoms with Gasteiger partial charge in [0.2, 0.25) is 0 Å². The Kier molecular flexibility index (Phi) is 8.09. The fourth-order valence-corrected chi connectivity index (χ4v) is 2.81. The minimum atomic E-state index is -0.209. The monoisotopic (exact) mass is 379 g/mol. The number of aromatic nitrogens is 2. The smallest absolute Gasteiger partial charge is 0.256 e. The number of amides is 1. The summed E-state index contributed by atoms with van der Waals surface area (Å²) < 4.78 is 11.9. The Hall–Kier alpha value is -1.89. The van der Waals surface area contributed by atoms with E-state index in [1.54, 1.807) is 18.7 Å². The molecule has 0 unspecified atom stereocenters. The molecule has 0 spiro atoms. The Balaban J connectivity index is 1.89. The lowest BCUT2D eigenvalue weighted by Gasteiger charge is -2.07. The van der Waals surface area contributed by atoms with Crippen molar-refractivity contribution in [1.82, 2.24) is 15.1 Å². The lowest BCUT2D eigenvalue weighted by Crippen LogP contribution is -2.26. The lowest BCUT2D eigenvalue weighted by molar-refractivity contribution is 0.0688. The molecule has 0 atom stereocenters. The molecule has 142 valence electrons. The topological polar surface area (TPSA) is 65.4 Å². The van der Waals surface area contributed by atoms with Crippen LogP contribution in [0.15, 0.2) is 24.3 Å². The second-order valence-corrected chi connectivity index (χ2v) is 6.47. The van der Waals surface area contributed by atoms with Crippen LogP contribution in [0.3, 0.4) is 0 Å². The summed E-state index contributed by atoms with van der Waals surface area (Å²) in [4.78, 5) is 12.4. The van der Waals surface area contributed by atoms with Crippen molar-refractivity contribution in [2.24, 2.45) is 0 Å². The molecule has 0 fully saturated rings. The highest BCUT2D eigenvalue weighted by Gasteiger charge is 2.20. The van der Waals surface area contributed by atoms with Crippen LogP contribution in [0.5, 0.6) is 0 Å². The van der Waals surface area contributed by atoms with E-state index in [1.807, 2.05) is 31.2 Å². The van der Waals surface area contributed by atoms with Crippen LogP contribution in [-0.4, -0.2) is 49.2 Å². The molecule has 0 bridgehead atoms. The van der Waals surface area contributed by atoms with Crippen LogP contribution in [0.25, 0.3) is 0 Å². The van der Waals surface area contributed by atoms with Gasteiger partial charge < -0.3 is 14.8 Å². The number of benzene rings is 1. The summed E-state index contributed by atoms with van der Waals surface area (Å²) in [5.41, 5.74) is 3.33. The van der Waals surface area contributed by atoms with Gasteiger partial charge >= 0.3 is 0 Å². The molecule has 0 aliphatic heterocycles. The first-order valence-electron chi connectivity index (χ1n) is 8.66. The molecule has 1 amide bonds. The molecule has 1 aromatic heterocycles. The standard InChI is InChI=1S/C19H26ClN3O3/c1-14-5-7-16(8-6-14)13-23-18(20)17(15(2)22-23)19(24)21-9-4-10-26-12-11-25-3/h5-8H,4,9-13H2,1-3H3,(H,21,24). The summed E-state index contributed by atoms with van der Waals surface area (Å²) in [5, 5.41) is 7.64. The zero-order chi connectivity index (χ0) is 18.9. The van der Waals surface area contributed by atoms with Crippen molar-refractivity contribution >= 4 is 17.5 Å². The summed E-state index contributed by atoms with van der Waals surface area (Å²) in [6.45, 7) is 6.58. The quantitative estimate of drug-likeness (QED) is 0.644. The Morgan fingerprint density at radius 3 is 2.62 bits per heavy atom. The van der Waals surface area contributed by atoms with Gasteiger partial charge in [0, 0.05) is 20.3 Å². The number of ether oxygens (including phenoxy) is 2. The summed E-state index contributed by atoms with van der Waals surface area (Å²) in [7, 11) is 1.63. The van der Waals surface area contributed by atoms with E-state index in [2.05, 4.69) is 10.4 Å². The van der Waals surface area contributed by atoms with Crippen molar-refractivity contribution in [3.05, 3.63) is 51.8 Å². The highest BCUT2D eigenvalue weighted by Crippen LogP contribution is 2.21. The number of nitrogens with zero attached hydrogens (tertiary/aromatic N) is 2. The Morgan fingerprint density at radius 1 is 1.19 bits per heavy atom. The van der Waals surface area contributed by atoms with Gasteiger partial charge in [-0.2, -0.15) is 5.10 Å². The minimum absolute atomic E-state index is 0.209. The highest BCUT2D eigenvalue weighted by atomic mass is 35.5. The summed E-state index contributed by atoms with van der Waals surface area (Å²) in [6, 6.07) is 8.15. The molecule has 2 aromatic rings. The van der Waals surface area contributed by atoms with E-state index < -0.39 is 0 Å². The van der Waals surface area contributed by atoms with Crippen LogP contribution in [0.4, 0.5) is 0 Å². The Morgan fingerprint density at radius 2 is 1.92 bits per heavy atom. The van der Waals surface area contributed by atoms with Gasteiger partial charge in [-0.3, -0.25) is 4.79 Å². The molecule has 26 heavy (non-hydrogen) atoms. The molecule has 0 aliphatic carbocycles. The van der Waals surface area contributed by atoms with Gasteiger partial charge in [-0.25, -0.2) is 4.68 Å². The molecular weight excluding hydrogens is 354 g/mol. The zero-order valence-electron chi connectivity index (χ0n) is 15.5. The molecule has 6 nitrogen and oxygen atoms in total. The van der Waals surface area contributed by atoms with Gasteiger partial charge in [0.1, 0.15) is 5.15 Å². The summed E-state index contributed by atoms with van der Waals surface area (Å²) >= 11 is 6.40. The molecule has 1 aromatic carbocycles. The molecule has 0 aliphatic rings. The largest absolute Gasteiger partial charge is 0.382 e. The van der Waals surface area contributed by atoms with Crippen LogP contribution >= 0.6 is 11.6 Å². The van der Waals surface area contributed by atoms with Gasteiger partial charge in [-0.05, 0) is 25.8 Å². The number of carbonyl (C=O) groups is 1. The van der Waals surface area contributed by atoms with Crippen molar-refractivity contribution in [3.63, 3.8) is 0 Å². The highest BCUT2D eigenvalue weighted by molar-refractivity contribution is 6.33. The fraction of sp³-hybridized carbons (Fsp3) is 0.474. The van der Waals surface area contributed by atoms with Crippen LogP contribution in [0, 0.1) is 13.8 Å². The lowest BCUT2D eigenvalue weighted by atomic mass is 10.1. The molecule has 2 rings (SSSR count). The third-order valence-electron chi connectivity index (χ3n) is 3.93. The van der Waals surface area contributed by atoms with Crippen LogP contribution in [0.1, 0.15) is 33.6 Å². The van der Waals surface area contributed by atoms with Crippen LogP contribution < -0.4 is 5.32 Å². The van der Waals surface area contributed by atoms with Crippen molar-refractivity contribution in [2.75, 3.05) is 33.5 Å². The van der Waals surface area contributed by atoms with Crippen LogP contribution in [0.2, 0.25) is 5.15 Å². The van der Waals surface area contributed by atoms with E-state index in [1.165, 1.54) is 5.56 Å². The number of hydrogen-bond acceptors (Lipinski definition) is 4. The summed E-state index contributed by atoms with van der Waals surface area (Å²) in [5.74, 6) is -0.209. The first kappa shape index (κ1) is 20.4. The number of halogens is 1. The third kappa shape index (κ3) is 5.83. The molecule has 0 radical (unpaired) electrons. The second-order valence-electron chi connectivity index (χ2n) is 6.11. The molecular formula is C19H26ClN3O3. The van der Waals surface area contributed by atoms with E-state index in [4.69, 9.17) is 21.1 Å². The van der Waals surface area contributed by atoms with E-state index in [0.29, 0.717) is 49.3 Å². The van der Waals surface area contributed by atoms with Crippen LogP contribution in [-0.2, 0) is 16.0 Å². The average Bonchev–Trinajstić information content (AvgIpc) is 2.89. The maximum Gasteiger partial charge on any atom is 0.256 e. The number of nitrogens with one attached hydrogen (secondary N) is 1. The maximum absolute atomic E-state index is 12.4. The zero-order valence-corrected chi connectivity index (χ0v) is 16.3. The minimum Gasteiger partial charge on any atom is -0.382 e. The number of aryl methyl sites for hydroxylation is 2. The van der Waals surface area contributed by atoms with Gasteiger partial charge in [0.25, 0.3) is 5.91 Å². The summed E-state index contributed by atoms with van der Waals surface area (Å²) in [6.07, 6.45) is 0.726. The normalized spacial score (nSPS) is 10.9. The molecule has 1 heterocycles. The molecule has 7 heteroatoms. The molecule has 0 saturated carbocycles. The second kappa shape index (κ2) is 10.3. The van der Waals surface area contributed by atoms with E-state index in [9.17, 15) is 4.79 Å². The number of methoxy groups -OCH3 is 1. The predicted octanol–water partition coefficient (Wildman–Crippen LogP) is 2.98. The van der Waals surface area contributed by atoms with Gasteiger partial charge in [0.05, 0.1) is 31.0 Å². The van der Waals surface area contributed by atoms with E-state index in [-0.39, 0.29) is 5.91 Å². The van der Waals surface area contributed by atoms with Crippen molar-refractivity contribution in [3.8, 4) is 0 Å². The predicted molar refractivity (Wildman–Crippen MR) is 102 cm³/mol. The van der Waals surface area contributed by atoms with Crippen molar-refractivity contribution in [1.29, 1.82) is 0 Å².